The van der Waals surface area contributed by atoms with Crippen molar-refractivity contribution in [3.05, 3.63) is 34.6 Å². The summed E-state index contributed by atoms with van der Waals surface area (Å²) in [4.78, 5) is 14.7. The van der Waals surface area contributed by atoms with Gasteiger partial charge in [-0.15, -0.1) is 5.10 Å². The maximum atomic E-state index is 12.8. The predicted molar refractivity (Wildman–Crippen MR) is 52.1 cm³/mol. The molecule has 0 aliphatic heterocycles. The van der Waals surface area contributed by atoms with E-state index < -0.39 is 5.95 Å². The molecule has 0 amide bonds. The van der Waals surface area contributed by atoms with Crippen LogP contribution >= 0.6 is 11.8 Å². The molecule has 5 nitrogen and oxygen atoms in total. The van der Waals surface area contributed by atoms with Gasteiger partial charge >= 0.3 is 5.69 Å². The van der Waals surface area contributed by atoms with Gasteiger partial charge < -0.3 is 0 Å². The molecule has 1 N–H and O–H groups in total. The van der Waals surface area contributed by atoms with Gasteiger partial charge in [-0.25, -0.2) is 14.9 Å². The molecule has 2 aromatic heterocycles. The van der Waals surface area contributed by atoms with E-state index >= 15 is 0 Å². The largest absolute Gasteiger partial charge is 0.343 e. The normalized spacial score (nSPS) is 10.5. The molecule has 0 spiro atoms. The van der Waals surface area contributed by atoms with Crippen LogP contribution in [0.15, 0.2) is 33.2 Å². The van der Waals surface area contributed by atoms with Crippen LogP contribution in [0.5, 0.6) is 0 Å². The number of nitrogens with one attached hydrogen (secondary N) is 1. The summed E-state index contributed by atoms with van der Waals surface area (Å²) in [5.41, 5.74) is -0.311. The lowest BCUT2D eigenvalue weighted by Gasteiger charge is -1.98. The Morgan fingerprint density at radius 2 is 2.33 bits per heavy atom. The zero-order valence-corrected chi connectivity index (χ0v) is 8.58. The third-order valence-electron chi connectivity index (χ3n) is 1.72. The van der Waals surface area contributed by atoms with E-state index in [0.29, 0.717) is 10.2 Å². The number of hydrogen-bond donors (Lipinski definition) is 1. The van der Waals surface area contributed by atoms with Crippen LogP contribution in [0, 0.1) is 5.95 Å². The number of nitrogens with zero attached hydrogens (tertiary/aromatic N) is 3. The van der Waals surface area contributed by atoms with Crippen LogP contribution in [-0.4, -0.2) is 19.7 Å². The van der Waals surface area contributed by atoms with Crippen LogP contribution in [0.4, 0.5) is 4.39 Å². The minimum atomic E-state index is -0.555. The van der Waals surface area contributed by atoms with Crippen molar-refractivity contribution in [2.75, 3.05) is 0 Å². The van der Waals surface area contributed by atoms with Crippen molar-refractivity contribution in [3.63, 3.8) is 0 Å². The molecule has 0 unspecified atom stereocenters. The maximum Gasteiger partial charge on any atom is 0.343 e. The summed E-state index contributed by atoms with van der Waals surface area (Å²) in [6.07, 6.45) is 0. The Labute approximate surface area is 88.4 Å². The van der Waals surface area contributed by atoms with Gasteiger partial charge in [0.05, 0.1) is 0 Å². The summed E-state index contributed by atoms with van der Waals surface area (Å²) >= 11 is 1.12. The summed E-state index contributed by atoms with van der Waals surface area (Å²) in [7, 11) is 1.58. The summed E-state index contributed by atoms with van der Waals surface area (Å²) in [6.45, 7) is 0. The van der Waals surface area contributed by atoms with Crippen molar-refractivity contribution in [1.29, 1.82) is 0 Å². The highest BCUT2D eigenvalue weighted by molar-refractivity contribution is 7.99. The molecule has 2 aromatic rings. The lowest BCUT2D eigenvalue weighted by atomic mass is 10.5. The Bertz CT molecular complexity index is 535. The lowest BCUT2D eigenvalue weighted by molar-refractivity contribution is 0.572. The number of H-pyrrole nitrogens is 1. The SMILES string of the molecule is Cn1c(Sc2cccc(F)n2)n[nH]c1=O. The van der Waals surface area contributed by atoms with Gasteiger partial charge in [0.1, 0.15) is 5.03 Å². The second-order valence-corrected chi connectivity index (χ2v) is 3.76. The zero-order chi connectivity index (χ0) is 10.8. The van der Waals surface area contributed by atoms with E-state index in [1.54, 1.807) is 19.2 Å². The monoisotopic (exact) mass is 226 g/mol. The van der Waals surface area contributed by atoms with E-state index in [1.165, 1.54) is 10.6 Å². The lowest BCUT2D eigenvalue weighted by Crippen LogP contribution is -2.12. The van der Waals surface area contributed by atoms with Crippen LogP contribution in [0.25, 0.3) is 0 Å². The van der Waals surface area contributed by atoms with Gasteiger partial charge in [0.25, 0.3) is 0 Å². The molecule has 0 bridgehead atoms. The number of aromatic amines is 1. The summed E-state index contributed by atoms with van der Waals surface area (Å²) in [5, 5.41) is 6.95. The Morgan fingerprint density at radius 1 is 1.53 bits per heavy atom. The zero-order valence-electron chi connectivity index (χ0n) is 7.77. The highest BCUT2D eigenvalue weighted by Crippen LogP contribution is 2.21. The van der Waals surface area contributed by atoms with E-state index in [4.69, 9.17) is 0 Å². The summed E-state index contributed by atoms with van der Waals surface area (Å²) < 4.78 is 14.1. The van der Waals surface area contributed by atoms with Crippen molar-refractivity contribution < 1.29 is 4.39 Å². The van der Waals surface area contributed by atoms with E-state index in [-0.39, 0.29) is 5.69 Å². The van der Waals surface area contributed by atoms with E-state index in [2.05, 4.69) is 15.2 Å². The van der Waals surface area contributed by atoms with Gasteiger partial charge in [0.15, 0.2) is 5.16 Å². The molecule has 0 aliphatic rings. The first kappa shape index (κ1) is 9.91. The first-order valence-electron chi connectivity index (χ1n) is 4.08. The number of rotatable bonds is 2. The molecule has 7 heteroatoms. The molecule has 0 atom stereocenters. The number of hydrogen-bond acceptors (Lipinski definition) is 4. The molecular weight excluding hydrogens is 219 g/mol. The van der Waals surface area contributed by atoms with Gasteiger partial charge in [-0.3, -0.25) is 4.57 Å². The number of aromatic nitrogens is 4. The average Bonchev–Trinajstić information content (AvgIpc) is 2.50. The average molecular weight is 226 g/mol. The van der Waals surface area contributed by atoms with Crippen molar-refractivity contribution >= 4 is 11.8 Å². The third-order valence-corrected chi connectivity index (χ3v) is 2.71. The Kier molecular flexibility index (Phi) is 2.55. The first-order valence-corrected chi connectivity index (χ1v) is 4.90. The highest BCUT2D eigenvalue weighted by Gasteiger charge is 2.07. The van der Waals surface area contributed by atoms with Gasteiger partial charge in [-0.2, -0.15) is 4.39 Å². The van der Waals surface area contributed by atoms with Gasteiger partial charge in [0.2, 0.25) is 5.95 Å². The van der Waals surface area contributed by atoms with E-state index in [9.17, 15) is 9.18 Å². The van der Waals surface area contributed by atoms with Gasteiger partial charge in [-0.05, 0) is 23.9 Å². The topological polar surface area (TPSA) is 63.6 Å². The second-order valence-electron chi connectivity index (χ2n) is 2.77. The van der Waals surface area contributed by atoms with Crippen molar-refractivity contribution in [2.45, 2.75) is 10.2 Å². The van der Waals surface area contributed by atoms with Crippen molar-refractivity contribution in [1.82, 2.24) is 19.7 Å². The van der Waals surface area contributed by atoms with Crippen molar-refractivity contribution in [2.24, 2.45) is 7.05 Å². The van der Waals surface area contributed by atoms with Crippen LogP contribution < -0.4 is 5.69 Å². The highest BCUT2D eigenvalue weighted by atomic mass is 32.2. The fourth-order valence-corrected chi connectivity index (χ4v) is 1.74. The molecule has 0 saturated carbocycles. The second kappa shape index (κ2) is 3.85. The Hall–Kier alpha value is -1.63. The van der Waals surface area contributed by atoms with E-state index in [0.717, 1.165) is 11.8 Å². The number of halogens is 1. The molecule has 78 valence electrons. The minimum Gasteiger partial charge on any atom is -0.273 e. The maximum absolute atomic E-state index is 12.8. The fraction of sp³-hybridized carbons (Fsp3) is 0.125. The number of pyridine rings is 1. The van der Waals surface area contributed by atoms with Gasteiger partial charge in [0, 0.05) is 7.05 Å². The van der Waals surface area contributed by atoms with Crippen LogP contribution in [-0.2, 0) is 7.05 Å². The molecule has 2 heterocycles. The molecule has 0 saturated heterocycles. The van der Waals surface area contributed by atoms with Crippen LogP contribution in [0.1, 0.15) is 0 Å². The third kappa shape index (κ3) is 2.07. The molecule has 0 aliphatic carbocycles. The minimum absolute atomic E-state index is 0.311. The fourth-order valence-electron chi connectivity index (χ4n) is 0.964. The molecule has 2 rings (SSSR count). The quantitative estimate of drug-likeness (QED) is 0.769. The van der Waals surface area contributed by atoms with Crippen LogP contribution in [0.3, 0.4) is 0 Å². The predicted octanol–water partition coefficient (Wildman–Crippen LogP) is 0.794. The smallest absolute Gasteiger partial charge is 0.273 e. The van der Waals surface area contributed by atoms with Gasteiger partial charge in [-0.1, -0.05) is 6.07 Å². The standard InChI is InChI=1S/C8H7FN4OS/c1-13-7(14)11-12-8(13)15-6-4-2-3-5(9)10-6/h2-4H,1H3,(H,11,14). The summed E-state index contributed by atoms with van der Waals surface area (Å²) in [6, 6.07) is 4.45. The molecule has 0 radical (unpaired) electrons. The molecule has 15 heavy (non-hydrogen) atoms. The van der Waals surface area contributed by atoms with Crippen molar-refractivity contribution in [3.8, 4) is 0 Å². The van der Waals surface area contributed by atoms with Crippen LogP contribution in [0.2, 0.25) is 0 Å². The Balaban J connectivity index is 2.29. The summed E-state index contributed by atoms with van der Waals surface area (Å²) in [5.74, 6) is -0.555. The molecule has 0 fully saturated rings. The molecular formula is C8H7FN4OS. The Morgan fingerprint density at radius 3 is 2.93 bits per heavy atom. The first-order chi connectivity index (χ1) is 7.16. The molecule has 0 aromatic carbocycles. The van der Waals surface area contributed by atoms with E-state index in [1.807, 2.05) is 0 Å².